The van der Waals surface area contributed by atoms with Gasteiger partial charge in [0.05, 0.1) is 5.02 Å². The van der Waals surface area contributed by atoms with E-state index in [-0.39, 0.29) is 17.1 Å². The van der Waals surface area contributed by atoms with Crippen LogP contribution in [0.4, 0.5) is 27.6 Å². The van der Waals surface area contributed by atoms with Gasteiger partial charge in [0.25, 0.3) is 0 Å². The predicted octanol–water partition coefficient (Wildman–Crippen LogP) is 8.05. The molecule has 3 aromatic carbocycles. The Kier molecular flexibility index (Phi) is 6.43. The molecule has 9 heteroatoms. The van der Waals surface area contributed by atoms with E-state index in [0.29, 0.717) is 22.2 Å². The Bertz CT molecular complexity index is 1040. The Morgan fingerprint density at radius 3 is 2.27 bits per heavy atom. The van der Waals surface area contributed by atoms with Gasteiger partial charge in [-0.3, -0.25) is 0 Å². The lowest BCUT2D eigenvalue weighted by molar-refractivity contribution is -0.289. The summed E-state index contributed by atoms with van der Waals surface area (Å²) in [6, 6.07) is 15.8. The van der Waals surface area contributed by atoms with Crippen molar-refractivity contribution in [3.8, 4) is 11.5 Å². The van der Waals surface area contributed by atoms with Crippen LogP contribution in [0.25, 0.3) is 0 Å². The normalized spacial score (nSPS) is 12.0. The highest BCUT2D eigenvalue weighted by Crippen LogP contribution is 2.44. The standard InChI is InChI=1S/C21H14Cl2F5NO/c22-17-8-3-9-18(19(17)23)30-16-7-2-6-15(11-16)29-12-13-4-1-5-14(10-13)20(24,25)21(26,27)28/h1-11,29H,12H2. The molecule has 3 aromatic rings. The number of nitrogens with one attached hydrogen (secondary N) is 1. The zero-order chi connectivity index (χ0) is 21.9. The minimum absolute atomic E-state index is 0.0309. The van der Waals surface area contributed by atoms with Gasteiger partial charge in [0, 0.05) is 23.9 Å². The van der Waals surface area contributed by atoms with Crippen molar-refractivity contribution in [1.29, 1.82) is 0 Å². The number of anilines is 1. The number of halogens is 7. The van der Waals surface area contributed by atoms with Crippen LogP contribution in [0.1, 0.15) is 11.1 Å². The average molecular weight is 462 g/mol. The molecule has 0 fully saturated rings. The molecule has 0 radical (unpaired) electrons. The fraction of sp³-hybridized carbons (Fsp3) is 0.143. The van der Waals surface area contributed by atoms with Crippen molar-refractivity contribution >= 4 is 28.9 Å². The Morgan fingerprint density at radius 1 is 0.833 bits per heavy atom. The number of benzene rings is 3. The molecule has 3 rings (SSSR count). The van der Waals surface area contributed by atoms with Crippen LogP contribution in [0.2, 0.25) is 10.0 Å². The number of hydrogen-bond acceptors (Lipinski definition) is 2. The van der Waals surface area contributed by atoms with E-state index in [1.54, 1.807) is 42.5 Å². The van der Waals surface area contributed by atoms with E-state index in [1.807, 2.05) is 0 Å². The highest BCUT2D eigenvalue weighted by atomic mass is 35.5. The minimum atomic E-state index is -5.66. The fourth-order valence-corrected chi connectivity index (χ4v) is 2.93. The molecule has 2 nitrogen and oxygen atoms in total. The van der Waals surface area contributed by atoms with Crippen LogP contribution < -0.4 is 10.1 Å². The number of rotatable bonds is 6. The third-order valence-corrected chi connectivity index (χ3v) is 4.92. The number of alkyl halides is 5. The third-order valence-electron chi connectivity index (χ3n) is 4.12. The molecular weight excluding hydrogens is 448 g/mol. The van der Waals surface area contributed by atoms with Crippen LogP contribution in [0, 0.1) is 0 Å². The molecular formula is C21H14Cl2F5NO. The second-order valence-electron chi connectivity index (χ2n) is 6.31. The van der Waals surface area contributed by atoms with Crippen molar-refractivity contribution in [3.63, 3.8) is 0 Å². The SMILES string of the molecule is FC(F)(F)C(F)(F)c1cccc(CNc2cccc(Oc3cccc(Cl)c3Cl)c2)c1. The van der Waals surface area contributed by atoms with Gasteiger partial charge in [0.2, 0.25) is 0 Å². The second-order valence-corrected chi connectivity index (χ2v) is 7.09. The molecule has 0 heterocycles. The van der Waals surface area contributed by atoms with E-state index in [2.05, 4.69) is 5.32 Å². The topological polar surface area (TPSA) is 21.3 Å². The molecule has 0 spiro atoms. The lowest BCUT2D eigenvalue weighted by Gasteiger charge is -2.20. The maximum Gasteiger partial charge on any atom is 0.458 e. The van der Waals surface area contributed by atoms with Crippen LogP contribution in [0.15, 0.2) is 66.7 Å². The van der Waals surface area contributed by atoms with Gasteiger partial charge in [-0.05, 0) is 35.9 Å². The first-order chi connectivity index (χ1) is 14.1. The zero-order valence-electron chi connectivity index (χ0n) is 15.1. The van der Waals surface area contributed by atoms with Crippen LogP contribution in [-0.2, 0) is 12.5 Å². The van der Waals surface area contributed by atoms with Crippen molar-refractivity contribution in [2.24, 2.45) is 0 Å². The van der Waals surface area contributed by atoms with Gasteiger partial charge in [-0.15, -0.1) is 0 Å². The average Bonchev–Trinajstić information content (AvgIpc) is 2.70. The maximum atomic E-state index is 13.5. The van der Waals surface area contributed by atoms with Crippen LogP contribution >= 0.6 is 23.2 Å². The Labute approximate surface area is 179 Å². The molecule has 0 aliphatic heterocycles. The molecule has 0 saturated heterocycles. The highest BCUT2D eigenvalue weighted by Gasteiger charge is 2.58. The number of hydrogen-bond donors (Lipinski definition) is 1. The van der Waals surface area contributed by atoms with Gasteiger partial charge in [-0.25, -0.2) is 0 Å². The summed E-state index contributed by atoms with van der Waals surface area (Å²) in [4.78, 5) is 0. The fourth-order valence-electron chi connectivity index (χ4n) is 2.60. The quantitative estimate of drug-likeness (QED) is 0.374. The maximum absolute atomic E-state index is 13.5. The molecule has 0 saturated carbocycles. The molecule has 0 aromatic heterocycles. The minimum Gasteiger partial charge on any atom is -0.456 e. The van der Waals surface area contributed by atoms with Gasteiger partial charge < -0.3 is 10.1 Å². The van der Waals surface area contributed by atoms with Crippen LogP contribution in [0.5, 0.6) is 11.5 Å². The summed E-state index contributed by atoms with van der Waals surface area (Å²) in [7, 11) is 0. The molecule has 0 unspecified atom stereocenters. The van der Waals surface area contributed by atoms with Crippen molar-refractivity contribution in [2.45, 2.75) is 18.6 Å². The Hall–Kier alpha value is -2.51. The van der Waals surface area contributed by atoms with Crippen molar-refractivity contribution in [2.75, 3.05) is 5.32 Å². The lowest BCUT2D eigenvalue weighted by atomic mass is 10.0. The summed E-state index contributed by atoms with van der Waals surface area (Å²) in [5.74, 6) is -4.14. The van der Waals surface area contributed by atoms with Crippen molar-refractivity contribution in [1.82, 2.24) is 0 Å². The van der Waals surface area contributed by atoms with Gasteiger partial charge in [0.1, 0.15) is 16.5 Å². The van der Waals surface area contributed by atoms with E-state index in [9.17, 15) is 22.0 Å². The first-order valence-electron chi connectivity index (χ1n) is 8.57. The Balaban J connectivity index is 1.72. The van der Waals surface area contributed by atoms with E-state index in [1.165, 1.54) is 6.07 Å². The first-order valence-corrected chi connectivity index (χ1v) is 9.33. The molecule has 0 atom stereocenters. The predicted molar refractivity (Wildman–Crippen MR) is 107 cm³/mol. The van der Waals surface area contributed by atoms with E-state index in [4.69, 9.17) is 27.9 Å². The first kappa shape index (κ1) is 22.2. The summed E-state index contributed by atoms with van der Waals surface area (Å²) in [6.07, 6.45) is -5.66. The molecule has 0 aliphatic rings. The monoisotopic (exact) mass is 461 g/mol. The van der Waals surface area contributed by atoms with E-state index < -0.39 is 17.7 Å². The summed E-state index contributed by atoms with van der Waals surface area (Å²) >= 11 is 12.0. The third kappa shape index (κ3) is 4.96. The number of ether oxygens (including phenoxy) is 1. The molecule has 0 bridgehead atoms. The van der Waals surface area contributed by atoms with Crippen molar-refractivity contribution in [3.05, 3.63) is 87.9 Å². The summed E-state index contributed by atoms with van der Waals surface area (Å²) in [6.45, 7) is 0.0309. The molecule has 30 heavy (non-hydrogen) atoms. The van der Waals surface area contributed by atoms with Crippen molar-refractivity contribution < 1.29 is 26.7 Å². The summed E-state index contributed by atoms with van der Waals surface area (Å²) < 4.78 is 70.5. The van der Waals surface area contributed by atoms with Gasteiger partial charge >= 0.3 is 12.1 Å². The van der Waals surface area contributed by atoms with Gasteiger partial charge in [0.15, 0.2) is 0 Å². The van der Waals surface area contributed by atoms with E-state index >= 15 is 0 Å². The van der Waals surface area contributed by atoms with Crippen LogP contribution in [-0.4, -0.2) is 6.18 Å². The van der Waals surface area contributed by atoms with Gasteiger partial charge in [-0.2, -0.15) is 22.0 Å². The largest absolute Gasteiger partial charge is 0.458 e. The zero-order valence-corrected chi connectivity index (χ0v) is 16.6. The van der Waals surface area contributed by atoms with Crippen LogP contribution in [0.3, 0.4) is 0 Å². The molecule has 1 N–H and O–H groups in total. The Morgan fingerprint density at radius 2 is 1.53 bits per heavy atom. The summed E-state index contributed by atoms with van der Waals surface area (Å²) in [5, 5.41) is 3.55. The van der Waals surface area contributed by atoms with E-state index in [0.717, 1.165) is 18.2 Å². The molecule has 158 valence electrons. The smallest absolute Gasteiger partial charge is 0.456 e. The summed E-state index contributed by atoms with van der Waals surface area (Å²) in [5.41, 5.74) is -0.277. The molecule has 0 aliphatic carbocycles. The second kappa shape index (κ2) is 8.70. The van der Waals surface area contributed by atoms with Gasteiger partial charge in [-0.1, -0.05) is 53.5 Å². The highest BCUT2D eigenvalue weighted by molar-refractivity contribution is 6.42. The lowest BCUT2D eigenvalue weighted by Crippen LogP contribution is -2.33. The molecule has 0 amide bonds.